The lowest BCUT2D eigenvalue weighted by molar-refractivity contribution is 0.309. The van der Waals surface area contributed by atoms with Gasteiger partial charge in [0, 0.05) is 34.1 Å². The smallest absolute Gasteiger partial charge is 0.146 e. The minimum Gasteiger partial charge on any atom is -0.487 e. The van der Waals surface area contributed by atoms with Crippen LogP contribution in [-0.4, -0.2) is 9.97 Å². The van der Waals surface area contributed by atoms with Gasteiger partial charge in [0.05, 0.1) is 10.0 Å². The van der Waals surface area contributed by atoms with E-state index >= 15 is 0 Å². The number of ether oxygens (including phenoxy) is 1. The number of halogens is 3. The van der Waals surface area contributed by atoms with E-state index in [-0.39, 0.29) is 6.61 Å². The number of benzene rings is 1. The molecule has 0 saturated heterocycles. The molecule has 0 unspecified atom stereocenters. The zero-order valence-corrected chi connectivity index (χ0v) is 17.2. The standard InChI is InChI=1S/C21H17Cl3N2O/c1-4-14(13(3)22)16-8-12(2)26-21-15(16)6-5-7-20(21)27-11-17-18(23)9-25-10-19(17)24/h4-10H,3,11H2,1-2H3/b14-4+. The van der Waals surface area contributed by atoms with E-state index in [1.807, 2.05) is 44.2 Å². The number of rotatable bonds is 5. The van der Waals surface area contributed by atoms with Crippen molar-refractivity contribution in [1.29, 1.82) is 0 Å². The highest BCUT2D eigenvalue weighted by molar-refractivity contribution is 6.37. The maximum absolute atomic E-state index is 6.20. The first-order chi connectivity index (χ1) is 12.9. The first-order valence-electron chi connectivity index (χ1n) is 8.25. The van der Waals surface area contributed by atoms with Crippen molar-refractivity contribution in [2.24, 2.45) is 0 Å². The van der Waals surface area contributed by atoms with Crippen LogP contribution in [0.25, 0.3) is 16.5 Å². The molecule has 2 heterocycles. The number of hydrogen-bond acceptors (Lipinski definition) is 3. The lowest BCUT2D eigenvalue weighted by Crippen LogP contribution is -2.00. The Kier molecular flexibility index (Phi) is 6.05. The monoisotopic (exact) mass is 418 g/mol. The predicted molar refractivity (Wildman–Crippen MR) is 114 cm³/mol. The van der Waals surface area contributed by atoms with Gasteiger partial charge in [0.25, 0.3) is 0 Å². The second-order valence-corrected chi connectivity index (χ2v) is 7.21. The minimum absolute atomic E-state index is 0.211. The Labute approximate surface area is 173 Å². The van der Waals surface area contributed by atoms with Crippen molar-refractivity contribution in [1.82, 2.24) is 9.97 Å². The molecule has 3 rings (SSSR count). The first kappa shape index (κ1) is 19.7. The molecule has 0 bridgehead atoms. The molecule has 0 aliphatic rings. The molecule has 0 aliphatic carbocycles. The van der Waals surface area contributed by atoms with Crippen molar-refractivity contribution < 1.29 is 4.74 Å². The molecule has 3 nitrogen and oxygen atoms in total. The van der Waals surface area contributed by atoms with Crippen molar-refractivity contribution in [3.05, 3.63) is 81.2 Å². The Balaban J connectivity index is 2.08. The second-order valence-electron chi connectivity index (χ2n) is 5.94. The van der Waals surface area contributed by atoms with Crippen LogP contribution in [0.15, 0.2) is 54.3 Å². The quantitative estimate of drug-likeness (QED) is 0.418. The highest BCUT2D eigenvalue weighted by Crippen LogP contribution is 2.35. The van der Waals surface area contributed by atoms with E-state index in [9.17, 15) is 0 Å². The number of para-hydroxylation sites is 1. The van der Waals surface area contributed by atoms with Gasteiger partial charge in [0.1, 0.15) is 17.9 Å². The van der Waals surface area contributed by atoms with Crippen molar-refractivity contribution in [2.45, 2.75) is 20.5 Å². The van der Waals surface area contributed by atoms with Crippen LogP contribution in [-0.2, 0) is 6.61 Å². The Morgan fingerprint density at radius 1 is 1.22 bits per heavy atom. The zero-order valence-electron chi connectivity index (χ0n) is 14.9. The Morgan fingerprint density at radius 2 is 1.93 bits per heavy atom. The van der Waals surface area contributed by atoms with Gasteiger partial charge in [-0.15, -0.1) is 0 Å². The van der Waals surface area contributed by atoms with Gasteiger partial charge in [0.2, 0.25) is 0 Å². The lowest BCUT2D eigenvalue weighted by Gasteiger charge is -2.14. The third-order valence-corrected chi connectivity index (χ3v) is 4.98. The molecule has 0 saturated carbocycles. The maximum atomic E-state index is 6.20. The summed E-state index contributed by atoms with van der Waals surface area (Å²) in [6.07, 6.45) is 5.02. The van der Waals surface area contributed by atoms with Gasteiger partial charge in [-0.3, -0.25) is 4.98 Å². The summed E-state index contributed by atoms with van der Waals surface area (Å²) in [4.78, 5) is 8.63. The topological polar surface area (TPSA) is 35.0 Å². The van der Waals surface area contributed by atoms with Crippen LogP contribution < -0.4 is 4.74 Å². The van der Waals surface area contributed by atoms with Gasteiger partial charge in [0.15, 0.2) is 0 Å². The number of fused-ring (bicyclic) bond motifs is 1. The largest absolute Gasteiger partial charge is 0.487 e. The van der Waals surface area contributed by atoms with E-state index in [4.69, 9.17) is 39.5 Å². The molecule has 0 spiro atoms. The molecule has 0 N–H and O–H groups in total. The number of pyridine rings is 2. The summed E-state index contributed by atoms with van der Waals surface area (Å²) in [5.74, 6) is 0.636. The highest BCUT2D eigenvalue weighted by atomic mass is 35.5. The predicted octanol–water partition coefficient (Wildman–Crippen LogP) is 6.98. The maximum Gasteiger partial charge on any atom is 0.146 e. The van der Waals surface area contributed by atoms with Crippen molar-refractivity contribution >= 4 is 51.3 Å². The van der Waals surface area contributed by atoms with Gasteiger partial charge in [-0.25, -0.2) is 4.98 Å². The van der Waals surface area contributed by atoms with Crippen molar-refractivity contribution in [2.75, 3.05) is 0 Å². The average Bonchev–Trinajstić information content (AvgIpc) is 2.61. The van der Waals surface area contributed by atoms with E-state index in [0.29, 0.717) is 26.4 Å². The second kappa shape index (κ2) is 8.30. The number of aromatic nitrogens is 2. The van der Waals surface area contributed by atoms with Crippen LogP contribution >= 0.6 is 34.8 Å². The molecule has 0 amide bonds. The molecule has 0 fully saturated rings. The molecule has 0 radical (unpaired) electrons. The summed E-state index contributed by atoms with van der Waals surface area (Å²) in [5, 5.41) is 2.33. The van der Waals surface area contributed by atoms with Crippen LogP contribution in [0.2, 0.25) is 10.0 Å². The molecule has 1 aromatic carbocycles. The molecule has 27 heavy (non-hydrogen) atoms. The van der Waals surface area contributed by atoms with E-state index in [2.05, 4.69) is 16.5 Å². The van der Waals surface area contributed by atoms with Crippen LogP contribution in [0.1, 0.15) is 23.7 Å². The fourth-order valence-corrected chi connectivity index (χ4v) is 3.56. The van der Waals surface area contributed by atoms with Crippen LogP contribution in [0.4, 0.5) is 0 Å². The fraction of sp³-hybridized carbons (Fsp3) is 0.143. The summed E-state index contributed by atoms with van der Waals surface area (Å²) in [6.45, 7) is 7.94. The minimum atomic E-state index is 0.211. The molecule has 138 valence electrons. The fourth-order valence-electron chi connectivity index (χ4n) is 2.87. The molecule has 6 heteroatoms. The van der Waals surface area contributed by atoms with E-state index in [1.54, 1.807) is 12.4 Å². The average molecular weight is 420 g/mol. The third-order valence-electron chi connectivity index (χ3n) is 4.13. The Hall–Kier alpha value is -2.07. The molecule has 2 aromatic heterocycles. The lowest BCUT2D eigenvalue weighted by atomic mass is 9.99. The molecule has 3 aromatic rings. The van der Waals surface area contributed by atoms with Crippen LogP contribution in [0.5, 0.6) is 5.75 Å². The van der Waals surface area contributed by atoms with Gasteiger partial charge < -0.3 is 4.74 Å². The molecular formula is C21H17Cl3N2O. The van der Waals surface area contributed by atoms with Gasteiger partial charge in [-0.2, -0.15) is 0 Å². The Bertz CT molecular complexity index is 1040. The van der Waals surface area contributed by atoms with E-state index < -0.39 is 0 Å². The number of nitrogens with zero attached hydrogens (tertiary/aromatic N) is 2. The number of allylic oxidation sites excluding steroid dienone is 3. The normalized spacial score (nSPS) is 11.7. The SMILES string of the molecule is C=C(Cl)/C(=C\C)c1cc(C)nc2c(OCc3c(Cl)cncc3Cl)cccc12. The summed E-state index contributed by atoms with van der Waals surface area (Å²) in [7, 11) is 0. The van der Waals surface area contributed by atoms with Gasteiger partial charge in [-0.1, -0.05) is 59.6 Å². The highest BCUT2D eigenvalue weighted by Gasteiger charge is 2.14. The number of hydrogen-bond donors (Lipinski definition) is 0. The first-order valence-corrected chi connectivity index (χ1v) is 9.38. The van der Waals surface area contributed by atoms with Gasteiger partial charge in [-0.05, 0) is 37.1 Å². The summed E-state index contributed by atoms with van der Waals surface area (Å²) < 4.78 is 6.02. The number of aryl methyl sites for hydroxylation is 1. The van der Waals surface area contributed by atoms with Gasteiger partial charge >= 0.3 is 0 Å². The van der Waals surface area contributed by atoms with Crippen molar-refractivity contribution in [3.63, 3.8) is 0 Å². The summed E-state index contributed by atoms with van der Waals surface area (Å²) >= 11 is 18.6. The Morgan fingerprint density at radius 3 is 2.56 bits per heavy atom. The molecular weight excluding hydrogens is 403 g/mol. The van der Waals surface area contributed by atoms with Crippen LogP contribution in [0.3, 0.4) is 0 Å². The summed E-state index contributed by atoms with van der Waals surface area (Å²) in [6, 6.07) is 7.76. The van der Waals surface area contributed by atoms with Crippen LogP contribution in [0, 0.1) is 6.92 Å². The zero-order chi connectivity index (χ0) is 19.6. The third kappa shape index (κ3) is 4.11. The van der Waals surface area contributed by atoms with Crippen molar-refractivity contribution in [3.8, 4) is 5.75 Å². The summed E-state index contributed by atoms with van der Waals surface area (Å²) in [5.41, 5.74) is 4.10. The molecule has 0 atom stereocenters. The van der Waals surface area contributed by atoms with E-state index in [1.165, 1.54) is 0 Å². The van der Waals surface area contributed by atoms with E-state index in [0.717, 1.165) is 27.7 Å². The molecule has 0 aliphatic heterocycles.